The van der Waals surface area contributed by atoms with Crippen molar-refractivity contribution in [1.29, 1.82) is 0 Å². The Morgan fingerprint density at radius 1 is 0.821 bits per heavy atom. The van der Waals surface area contributed by atoms with Crippen molar-refractivity contribution in [2.24, 2.45) is 0 Å². The number of carbonyl (C=O) groups is 2. The number of halogens is 2. The van der Waals surface area contributed by atoms with E-state index in [1.54, 1.807) is 36.4 Å². The number of amides is 2. The molecule has 1 fully saturated rings. The van der Waals surface area contributed by atoms with Gasteiger partial charge in [-0.2, -0.15) is 0 Å². The molecule has 2 heterocycles. The minimum absolute atomic E-state index is 0.194. The standard InChI is InChI=1S/C21H18Cl2N2O3/c22-16-5-1-14(2-6-16)13-25-20(26)18(15-3-7-17(23)8-4-15)19(21(25)27)24-9-11-28-12-10-24/h1-8H,9-13H2. The smallest absolute Gasteiger partial charge is 0.278 e. The summed E-state index contributed by atoms with van der Waals surface area (Å²) in [5, 5.41) is 1.18. The van der Waals surface area contributed by atoms with Crippen LogP contribution < -0.4 is 0 Å². The van der Waals surface area contributed by atoms with Crippen molar-refractivity contribution < 1.29 is 14.3 Å². The van der Waals surface area contributed by atoms with Gasteiger partial charge in [-0.25, -0.2) is 0 Å². The molecule has 2 amide bonds. The van der Waals surface area contributed by atoms with Gasteiger partial charge < -0.3 is 9.64 Å². The summed E-state index contributed by atoms with van der Waals surface area (Å²) >= 11 is 11.9. The molecule has 0 aromatic heterocycles. The van der Waals surface area contributed by atoms with E-state index in [4.69, 9.17) is 27.9 Å². The van der Waals surface area contributed by atoms with Crippen molar-refractivity contribution in [2.75, 3.05) is 26.3 Å². The maximum absolute atomic E-state index is 13.3. The number of benzene rings is 2. The Bertz CT molecular complexity index is 933. The molecule has 0 radical (unpaired) electrons. The van der Waals surface area contributed by atoms with Crippen molar-refractivity contribution in [3.8, 4) is 0 Å². The van der Waals surface area contributed by atoms with Crippen molar-refractivity contribution >= 4 is 40.6 Å². The van der Waals surface area contributed by atoms with Gasteiger partial charge in [0.25, 0.3) is 11.8 Å². The first-order chi connectivity index (χ1) is 13.5. The molecule has 0 atom stereocenters. The van der Waals surface area contributed by atoms with Crippen LogP contribution in [0.25, 0.3) is 5.57 Å². The van der Waals surface area contributed by atoms with Crippen LogP contribution in [0.5, 0.6) is 0 Å². The van der Waals surface area contributed by atoms with Crippen LogP contribution in [-0.4, -0.2) is 47.9 Å². The van der Waals surface area contributed by atoms with E-state index < -0.39 is 0 Å². The van der Waals surface area contributed by atoms with Crippen LogP contribution >= 0.6 is 23.2 Å². The van der Waals surface area contributed by atoms with Crippen LogP contribution in [-0.2, 0) is 20.9 Å². The molecule has 0 saturated carbocycles. The van der Waals surface area contributed by atoms with Crippen molar-refractivity contribution in [3.63, 3.8) is 0 Å². The molecule has 2 aromatic rings. The Hall–Kier alpha value is -2.34. The summed E-state index contributed by atoms with van der Waals surface area (Å²) < 4.78 is 5.41. The predicted molar refractivity (Wildman–Crippen MR) is 108 cm³/mol. The lowest BCUT2D eigenvalue weighted by molar-refractivity contribution is -0.138. The highest BCUT2D eigenvalue weighted by Crippen LogP contribution is 2.33. The molecule has 1 saturated heterocycles. The van der Waals surface area contributed by atoms with Crippen LogP contribution in [0.3, 0.4) is 0 Å². The Morgan fingerprint density at radius 3 is 2.00 bits per heavy atom. The fraction of sp³-hybridized carbons (Fsp3) is 0.238. The summed E-state index contributed by atoms with van der Waals surface area (Å²) in [5.41, 5.74) is 2.37. The van der Waals surface area contributed by atoms with Gasteiger partial charge in [-0.1, -0.05) is 47.5 Å². The number of carbonyl (C=O) groups excluding carboxylic acids is 2. The van der Waals surface area contributed by atoms with E-state index in [9.17, 15) is 9.59 Å². The second-order valence-corrected chi connectivity index (χ2v) is 7.53. The lowest BCUT2D eigenvalue weighted by Crippen LogP contribution is -2.40. The first-order valence-corrected chi connectivity index (χ1v) is 9.74. The van der Waals surface area contributed by atoms with Crippen LogP contribution in [0.2, 0.25) is 10.0 Å². The Morgan fingerprint density at radius 2 is 1.39 bits per heavy atom. The first-order valence-electron chi connectivity index (χ1n) is 8.98. The minimum atomic E-state index is -0.302. The number of ether oxygens (including phenoxy) is 1. The van der Waals surface area contributed by atoms with E-state index >= 15 is 0 Å². The summed E-state index contributed by atoms with van der Waals surface area (Å²) in [7, 11) is 0. The highest BCUT2D eigenvalue weighted by molar-refractivity contribution is 6.36. The molecule has 0 N–H and O–H groups in total. The molecule has 2 aromatic carbocycles. The Labute approximate surface area is 173 Å². The van der Waals surface area contributed by atoms with Crippen LogP contribution in [0, 0.1) is 0 Å². The number of hydrogen-bond donors (Lipinski definition) is 0. The first kappa shape index (κ1) is 19.0. The summed E-state index contributed by atoms with van der Waals surface area (Å²) in [6, 6.07) is 14.1. The molecule has 0 spiro atoms. The predicted octanol–water partition coefficient (Wildman–Crippen LogP) is 3.61. The summed E-state index contributed by atoms with van der Waals surface area (Å²) in [6.07, 6.45) is 0. The molecule has 0 aliphatic carbocycles. The third-order valence-corrected chi connectivity index (χ3v) is 5.36. The molecule has 0 bridgehead atoms. The molecule has 28 heavy (non-hydrogen) atoms. The van der Waals surface area contributed by atoms with E-state index in [2.05, 4.69) is 0 Å². The van der Waals surface area contributed by atoms with Crippen LogP contribution in [0.15, 0.2) is 54.2 Å². The van der Waals surface area contributed by atoms with Gasteiger partial charge in [0, 0.05) is 23.1 Å². The van der Waals surface area contributed by atoms with Crippen molar-refractivity contribution in [1.82, 2.24) is 9.80 Å². The van der Waals surface area contributed by atoms with Gasteiger partial charge in [-0.15, -0.1) is 0 Å². The molecule has 2 aliphatic rings. The van der Waals surface area contributed by atoms with Crippen molar-refractivity contribution in [3.05, 3.63) is 75.4 Å². The van der Waals surface area contributed by atoms with Crippen LogP contribution in [0.4, 0.5) is 0 Å². The molecular formula is C21H18Cl2N2O3. The van der Waals surface area contributed by atoms with Gasteiger partial charge in [-0.05, 0) is 35.4 Å². The van der Waals surface area contributed by atoms with Gasteiger partial charge >= 0.3 is 0 Å². The zero-order valence-corrected chi connectivity index (χ0v) is 16.5. The largest absolute Gasteiger partial charge is 0.378 e. The maximum atomic E-state index is 13.3. The fourth-order valence-electron chi connectivity index (χ4n) is 3.44. The summed E-state index contributed by atoms with van der Waals surface area (Å²) in [4.78, 5) is 29.7. The molecule has 2 aliphatic heterocycles. The van der Waals surface area contributed by atoms with E-state index in [0.717, 1.165) is 5.56 Å². The highest BCUT2D eigenvalue weighted by Gasteiger charge is 2.41. The lowest BCUT2D eigenvalue weighted by atomic mass is 10.0. The van der Waals surface area contributed by atoms with E-state index in [1.807, 2.05) is 17.0 Å². The van der Waals surface area contributed by atoms with Crippen molar-refractivity contribution in [2.45, 2.75) is 6.54 Å². The maximum Gasteiger partial charge on any atom is 0.278 e. The van der Waals surface area contributed by atoms with Gasteiger partial charge in [0.15, 0.2) is 0 Å². The van der Waals surface area contributed by atoms with Gasteiger partial charge in [0.1, 0.15) is 5.70 Å². The zero-order chi connectivity index (χ0) is 19.7. The highest BCUT2D eigenvalue weighted by atomic mass is 35.5. The number of imide groups is 1. The quantitative estimate of drug-likeness (QED) is 0.714. The van der Waals surface area contributed by atoms with Gasteiger partial charge in [0.05, 0.1) is 25.3 Å². The second-order valence-electron chi connectivity index (χ2n) is 6.65. The Kier molecular flexibility index (Phi) is 5.40. The minimum Gasteiger partial charge on any atom is -0.378 e. The molecule has 5 nitrogen and oxygen atoms in total. The molecule has 4 rings (SSSR count). The average Bonchev–Trinajstić information content (AvgIpc) is 2.95. The van der Waals surface area contributed by atoms with E-state index in [-0.39, 0.29) is 18.4 Å². The number of hydrogen-bond acceptors (Lipinski definition) is 4. The topological polar surface area (TPSA) is 49.9 Å². The second kappa shape index (κ2) is 7.95. The summed E-state index contributed by atoms with van der Waals surface area (Å²) in [5.74, 6) is -0.587. The fourth-order valence-corrected chi connectivity index (χ4v) is 3.69. The third-order valence-electron chi connectivity index (χ3n) is 4.86. The molecule has 0 unspecified atom stereocenters. The zero-order valence-electron chi connectivity index (χ0n) is 15.0. The molecule has 144 valence electrons. The normalized spacial score (nSPS) is 17.6. The third kappa shape index (κ3) is 3.65. The summed E-state index contributed by atoms with van der Waals surface area (Å²) in [6.45, 7) is 2.38. The van der Waals surface area contributed by atoms with Crippen LogP contribution in [0.1, 0.15) is 11.1 Å². The average molecular weight is 417 g/mol. The lowest BCUT2D eigenvalue weighted by Gasteiger charge is -2.29. The monoisotopic (exact) mass is 416 g/mol. The van der Waals surface area contributed by atoms with E-state index in [1.165, 1.54) is 4.90 Å². The molecule has 7 heteroatoms. The SMILES string of the molecule is O=C1C(c2ccc(Cl)cc2)=C(N2CCOCC2)C(=O)N1Cc1ccc(Cl)cc1. The van der Waals surface area contributed by atoms with E-state index in [0.29, 0.717) is 53.2 Å². The number of morpholine rings is 1. The Balaban J connectivity index is 1.72. The molecular weight excluding hydrogens is 399 g/mol. The number of rotatable bonds is 4. The van der Waals surface area contributed by atoms with Gasteiger partial charge in [0.2, 0.25) is 0 Å². The number of nitrogens with zero attached hydrogens (tertiary/aromatic N) is 2. The van der Waals surface area contributed by atoms with Gasteiger partial charge in [-0.3, -0.25) is 14.5 Å².